The van der Waals surface area contributed by atoms with E-state index in [1.165, 1.54) is 10.4 Å². The van der Waals surface area contributed by atoms with E-state index in [0.29, 0.717) is 0 Å². The summed E-state index contributed by atoms with van der Waals surface area (Å²) in [6, 6.07) is 42.1. The van der Waals surface area contributed by atoms with Crippen LogP contribution in [0.4, 0.5) is 0 Å². The molecule has 8 heteroatoms. The van der Waals surface area contributed by atoms with E-state index in [2.05, 4.69) is 139 Å². The van der Waals surface area contributed by atoms with Gasteiger partial charge in [-0.15, -0.1) is 0 Å². The van der Waals surface area contributed by atoms with E-state index in [9.17, 15) is 5.11 Å². The van der Waals surface area contributed by atoms with Crippen molar-refractivity contribution in [1.82, 2.24) is 0 Å². The summed E-state index contributed by atoms with van der Waals surface area (Å²) in [6.45, 7) is 17.6. The molecule has 4 aromatic carbocycles. The smallest absolute Gasteiger partial charge is 0.261 e. The third-order valence-electron chi connectivity index (χ3n) is 10.2. The highest BCUT2D eigenvalue weighted by atomic mass is 28.4. The topological polar surface area (TPSA) is 66.4 Å². The largest absolute Gasteiger partial charge is 0.405 e. The molecule has 0 aliphatic carbocycles. The van der Waals surface area contributed by atoms with Gasteiger partial charge < -0.3 is 28.2 Å². The molecule has 0 aromatic heterocycles. The van der Waals surface area contributed by atoms with E-state index >= 15 is 0 Å². The lowest BCUT2D eigenvalue weighted by Crippen LogP contribution is -2.68. The predicted molar refractivity (Wildman–Crippen MR) is 201 cm³/mol. The average molecular weight is 697 g/mol. The first kappa shape index (κ1) is 35.9. The third-order valence-corrected chi connectivity index (χ3v) is 20.2. The summed E-state index contributed by atoms with van der Waals surface area (Å²) in [4.78, 5) is 0. The molecule has 1 unspecified atom stereocenters. The Morgan fingerprint density at radius 3 is 1.35 bits per heavy atom. The van der Waals surface area contributed by atoms with Crippen LogP contribution < -0.4 is 20.7 Å². The molecule has 2 fully saturated rings. The number of ether oxygens (including phenoxy) is 3. The fourth-order valence-corrected chi connectivity index (χ4v) is 17.3. The van der Waals surface area contributed by atoms with Crippen molar-refractivity contribution in [3.8, 4) is 0 Å². The molecule has 2 heterocycles. The average Bonchev–Trinajstić information content (AvgIpc) is 3.49. The maximum atomic E-state index is 11.9. The van der Waals surface area contributed by atoms with Gasteiger partial charge in [-0.1, -0.05) is 163 Å². The summed E-state index contributed by atoms with van der Waals surface area (Å²) < 4.78 is 34.4. The van der Waals surface area contributed by atoms with Gasteiger partial charge >= 0.3 is 0 Å². The van der Waals surface area contributed by atoms with Crippen molar-refractivity contribution in [2.24, 2.45) is 0 Å². The molecule has 49 heavy (non-hydrogen) atoms. The molecular formula is C41H52O6Si2. The number of fused-ring (bicyclic) bond motifs is 1. The maximum absolute atomic E-state index is 11.9. The highest BCUT2D eigenvalue weighted by molar-refractivity contribution is 7.00. The van der Waals surface area contributed by atoms with Gasteiger partial charge in [0.2, 0.25) is 0 Å². The Balaban J connectivity index is 1.38. The Labute approximate surface area is 294 Å². The minimum atomic E-state index is -2.97. The van der Waals surface area contributed by atoms with E-state index in [1.807, 2.05) is 38.1 Å². The summed E-state index contributed by atoms with van der Waals surface area (Å²) in [5.41, 5.74) is -1.27. The summed E-state index contributed by atoms with van der Waals surface area (Å²) >= 11 is 0. The van der Waals surface area contributed by atoms with Crippen LogP contribution in [0.25, 0.3) is 0 Å². The van der Waals surface area contributed by atoms with Crippen molar-refractivity contribution in [2.45, 2.75) is 95.4 Å². The normalized spacial score (nSPS) is 24.1. The molecule has 2 aliphatic heterocycles. The van der Waals surface area contributed by atoms with E-state index in [1.54, 1.807) is 0 Å². The van der Waals surface area contributed by atoms with Gasteiger partial charge in [-0.25, -0.2) is 0 Å². The molecule has 0 spiro atoms. The highest BCUT2D eigenvalue weighted by Crippen LogP contribution is 2.48. The molecule has 4 atom stereocenters. The zero-order valence-corrected chi connectivity index (χ0v) is 32.2. The van der Waals surface area contributed by atoms with E-state index in [-0.39, 0.29) is 23.3 Å². The number of hydrogen-bond acceptors (Lipinski definition) is 6. The monoisotopic (exact) mass is 696 g/mol. The molecule has 0 saturated carbocycles. The van der Waals surface area contributed by atoms with Crippen LogP contribution in [0.15, 0.2) is 121 Å². The Kier molecular flexibility index (Phi) is 9.76. The second kappa shape index (κ2) is 13.3. The molecule has 4 aromatic rings. The Morgan fingerprint density at radius 1 is 0.612 bits per heavy atom. The van der Waals surface area contributed by atoms with Crippen molar-refractivity contribution in [2.75, 3.05) is 13.2 Å². The Morgan fingerprint density at radius 2 is 0.980 bits per heavy atom. The first-order chi connectivity index (χ1) is 23.2. The molecule has 2 aliphatic rings. The first-order valence-corrected chi connectivity index (χ1v) is 21.2. The van der Waals surface area contributed by atoms with Gasteiger partial charge in [-0.05, 0) is 44.7 Å². The molecular weight excluding hydrogens is 645 g/mol. The number of hydrogen-bond donors (Lipinski definition) is 1. The van der Waals surface area contributed by atoms with Crippen LogP contribution in [0.5, 0.6) is 0 Å². The molecule has 0 bridgehead atoms. The Hall–Kier alpha value is -2.93. The number of aliphatic hydroxyl groups is 1. The second-order valence-electron chi connectivity index (χ2n) is 15.9. The lowest BCUT2D eigenvalue weighted by Gasteiger charge is -2.45. The predicted octanol–water partition coefficient (Wildman–Crippen LogP) is 5.75. The maximum Gasteiger partial charge on any atom is 0.261 e. The van der Waals surface area contributed by atoms with Crippen molar-refractivity contribution in [3.05, 3.63) is 121 Å². The number of aliphatic hydroxyl groups excluding tert-OH is 1. The molecule has 2 saturated heterocycles. The molecule has 6 rings (SSSR count). The van der Waals surface area contributed by atoms with Gasteiger partial charge in [0, 0.05) is 0 Å². The van der Waals surface area contributed by atoms with Gasteiger partial charge in [0.1, 0.15) is 12.2 Å². The van der Waals surface area contributed by atoms with Gasteiger partial charge in [0.15, 0.2) is 17.7 Å². The van der Waals surface area contributed by atoms with E-state index in [4.69, 9.17) is 23.1 Å². The van der Waals surface area contributed by atoms with Gasteiger partial charge in [0.05, 0.1) is 13.2 Å². The standard InChI is InChI=1S/C41H52O6Si2/c1-38(2,3)48(31-21-13-9-14-22-31,32-23-15-10-16-24-32)43-29-35-36-41(37(42)45-35,47-40(7,8)46-36)30-44-49(39(4,5)6,33-25-17-11-18-26-33)34-27-19-12-20-28-34/h9-28,35-37,42H,29-30H2,1-8H3/t35-,36+,37?,41+/m1/s1. The van der Waals surface area contributed by atoms with Crippen molar-refractivity contribution >= 4 is 37.4 Å². The summed E-state index contributed by atoms with van der Waals surface area (Å²) in [5, 5.41) is 16.1. The van der Waals surface area contributed by atoms with Crippen LogP contribution in [0.3, 0.4) is 0 Å². The zero-order valence-electron chi connectivity index (χ0n) is 30.2. The minimum absolute atomic E-state index is 0.0885. The van der Waals surface area contributed by atoms with Crippen LogP contribution in [0.1, 0.15) is 55.4 Å². The van der Waals surface area contributed by atoms with Gasteiger partial charge in [0.25, 0.3) is 16.6 Å². The lowest BCUT2D eigenvalue weighted by molar-refractivity contribution is -0.253. The molecule has 0 radical (unpaired) electrons. The lowest BCUT2D eigenvalue weighted by atomic mass is 9.96. The minimum Gasteiger partial charge on any atom is -0.405 e. The van der Waals surface area contributed by atoms with Crippen molar-refractivity contribution < 1.29 is 28.2 Å². The molecule has 260 valence electrons. The zero-order chi connectivity index (χ0) is 35.1. The van der Waals surface area contributed by atoms with Crippen LogP contribution in [0, 0.1) is 0 Å². The molecule has 1 N–H and O–H groups in total. The van der Waals surface area contributed by atoms with Crippen LogP contribution in [-0.2, 0) is 23.1 Å². The van der Waals surface area contributed by atoms with Crippen LogP contribution in [-0.4, -0.2) is 64.8 Å². The van der Waals surface area contributed by atoms with E-state index in [0.717, 1.165) is 10.4 Å². The molecule has 6 nitrogen and oxygen atoms in total. The Bertz CT molecular complexity index is 1590. The summed E-state index contributed by atoms with van der Waals surface area (Å²) in [6.07, 6.45) is -2.51. The number of benzene rings is 4. The fraction of sp³-hybridized carbons (Fsp3) is 0.415. The van der Waals surface area contributed by atoms with Crippen molar-refractivity contribution in [1.29, 1.82) is 0 Å². The van der Waals surface area contributed by atoms with E-state index < -0.39 is 46.5 Å². The highest BCUT2D eigenvalue weighted by Gasteiger charge is 2.68. The quantitative estimate of drug-likeness (QED) is 0.213. The van der Waals surface area contributed by atoms with Crippen molar-refractivity contribution in [3.63, 3.8) is 0 Å². The second-order valence-corrected chi connectivity index (χ2v) is 24.6. The van der Waals surface area contributed by atoms with Crippen LogP contribution >= 0.6 is 0 Å². The van der Waals surface area contributed by atoms with Gasteiger partial charge in [-0.2, -0.15) is 0 Å². The fourth-order valence-electron chi connectivity index (χ4n) is 8.14. The first-order valence-electron chi connectivity index (χ1n) is 17.4. The molecule has 0 amide bonds. The number of rotatable bonds is 10. The summed E-state index contributed by atoms with van der Waals surface area (Å²) in [7, 11) is -5.85. The van der Waals surface area contributed by atoms with Gasteiger partial charge in [-0.3, -0.25) is 0 Å². The van der Waals surface area contributed by atoms with Crippen LogP contribution in [0.2, 0.25) is 10.1 Å². The summed E-state index contributed by atoms with van der Waals surface area (Å²) in [5.74, 6) is -0.972. The SMILES string of the molecule is CC1(C)O[C@H]2[C@@H](CO[Si](c3ccccc3)(c3ccccc3)C(C)(C)C)OC(O)[C@@]2(CO[Si](c2ccccc2)(c2ccccc2)C(C)(C)C)O1. The third kappa shape index (κ3) is 6.32.